The van der Waals surface area contributed by atoms with Crippen LogP contribution in [0.25, 0.3) is 0 Å². The van der Waals surface area contributed by atoms with Gasteiger partial charge in [0.15, 0.2) is 0 Å². The molecule has 0 saturated heterocycles. The summed E-state index contributed by atoms with van der Waals surface area (Å²) in [5, 5.41) is 21.2. The maximum atomic E-state index is 11.1. The first-order valence-electron chi connectivity index (χ1n) is 4.98. The van der Waals surface area contributed by atoms with E-state index in [4.69, 9.17) is 16.6 Å². The molecule has 0 radical (unpaired) electrons. The highest BCUT2D eigenvalue weighted by Gasteiger charge is 2.20. The van der Waals surface area contributed by atoms with Crippen LogP contribution in [0.3, 0.4) is 0 Å². The molecule has 1 heterocycles. The minimum absolute atomic E-state index is 0.0285. The van der Waals surface area contributed by atoms with E-state index in [0.29, 0.717) is 5.69 Å². The fourth-order valence-corrected chi connectivity index (χ4v) is 1.14. The zero-order chi connectivity index (χ0) is 13.1. The van der Waals surface area contributed by atoms with Gasteiger partial charge in [-0.05, 0) is 13.0 Å². The molecule has 7 heteroatoms. The van der Waals surface area contributed by atoms with Crippen molar-refractivity contribution < 1.29 is 15.0 Å². The summed E-state index contributed by atoms with van der Waals surface area (Å²) < 4.78 is 0. The predicted molar refractivity (Wildman–Crippen MR) is 63.4 cm³/mol. The van der Waals surface area contributed by atoms with E-state index < -0.39 is 18.1 Å². The molecular weight excluding hydrogens is 224 g/mol. The summed E-state index contributed by atoms with van der Waals surface area (Å²) in [4.78, 5) is 15.0. The highest BCUT2D eigenvalue weighted by Crippen LogP contribution is 2.15. The van der Waals surface area contributed by atoms with Crippen molar-refractivity contribution in [1.29, 1.82) is 0 Å². The van der Waals surface area contributed by atoms with Crippen LogP contribution in [0, 0.1) is 0 Å². The Labute approximate surface area is 98.5 Å². The lowest BCUT2D eigenvalue weighted by molar-refractivity contribution is 0.0131. The molecule has 0 aliphatic rings. The number of carbonyl (C=O) groups is 1. The van der Waals surface area contributed by atoms with E-state index in [0.717, 1.165) is 0 Å². The van der Waals surface area contributed by atoms with Crippen molar-refractivity contribution in [3.63, 3.8) is 0 Å². The zero-order valence-corrected chi connectivity index (χ0v) is 9.47. The van der Waals surface area contributed by atoms with E-state index in [9.17, 15) is 9.90 Å². The lowest BCUT2D eigenvalue weighted by atomic mass is 10.1. The number of amides is 1. The number of anilines is 2. The number of aromatic nitrogens is 1. The Balaban J connectivity index is 2.88. The summed E-state index contributed by atoms with van der Waals surface area (Å²) in [5.41, 5.74) is 9.80. The molecule has 0 bridgehead atoms. The summed E-state index contributed by atoms with van der Waals surface area (Å²) in [6.07, 6.45) is 1.36. The molecule has 0 aliphatic heterocycles. The summed E-state index contributed by atoms with van der Waals surface area (Å²) in [6.45, 7) is 1.06. The van der Waals surface area contributed by atoms with Crippen LogP contribution in [0.2, 0.25) is 0 Å². The number of carbonyl (C=O) groups excluding carboxylic acids is 1. The number of aliphatic hydroxyl groups is 2. The quantitative estimate of drug-likeness (QED) is 0.444. The molecular formula is C10H16N4O3. The maximum absolute atomic E-state index is 11.1. The van der Waals surface area contributed by atoms with Crippen molar-refractivity contribution >= 4 is 17.4 Å². The highest BCUT2D eigenvalue weighted by molar-refractivity contribution is 5.98. The minimum Gasteiger partial charge on any atom is -0.397 e. The molecule has 0 aromatic carbocycles. The molecule has 1 aromatic rings. The molecule has 1 atom stereocenters. The summed E-state index contributed by atoms with van der Waals surface area (Å²) >= 11 is 0. The van der Waals surface area contributed by atoms with Gasteiger partial charge in [-0.15, -0.1) is 0 Å². The van der Waals surface area contributed by atoms with Crippen molar-refractivity contribution in [3.05, 3.63) is 17.8 Å². The van der Waals surface area contributed by atoms with Gasteiger partial charge >= 0.3 is 0 Å². The molecule has 1 aromatic heterocycles. The number of hydrogen-bond acceptors (Lipinski definition) is 6. The third-order valence-corrected chi connectivity index (χ3v) is 2.15. The molecule has 0 aliphatic carbocycles. The Hall–Kier alpha value is -1.86. The molecule has 1 unspecified atom stereocenters. The molecule has 7 nitrogen and oxygen atoms in total. The third-order valence-electron chi connectivity index (χ3n) is 2.15. The third kappa shape index (κ3) is 3.58. The van der Waals surface area contributed by atoms with Crippen molar-refractivity contribution in [2.45, 2.75) is 12.5 Å². The Bertz CT molecular complexity index is 420. The predicted octanol–water partition coefficient (Wildman–Crippen LogP) is -1.08. The second kappa shape index (κ2) is 4.98. The first-order chi connectivity index (χ1) is 7.85. The monoisotopic (exact) mass is 240 g/mol. The number of nitrogens with two attached hydrogens (primary N) is 2. The van der Waals surface area contributed by atoms with Gasteiger partial charge < -0.3 is 27.0 Å². The minimum atomic E-state index is -1.31. The van der Waals surface area contributed by atoms with E-state index in [-0.39, 0.29) is 17.9 Å². The lowest BCUT2D eigenvalue weighted by Gasteiger charge is -2.21. The average Bonchev–Trinajstić information content (AvgIpc) is 2.27. The largest absolute Gasteiger partial charge is 0.397 e. The molecule has 7 N–H and O–H groups in total. The van der Waals surface area contributed by atoms with E-state index in [1.54, 1.807) is 0 Å². The zero-order valence-electron chi connectivity index (χ0n) is 9.47. The van der Waals surface area contributed by atoms with Gasteiger partial charge in [-0.2, -0.15) is 0 Å². The van der Waals surface area contributed by atoms with Crippen molar-refractivity contribution in [1.82, 2.24) is 4.98 Å². The first kappa shape index (κ1) is 13.2. The number of hydrogen-bond donors (Lipinski definition) is 5. The summed E-state index contributed by atoms with van der Waals surface area (Å²) in [6, 6.07) is 1.39. The fraction of sp³-hybridized carbons (Fsp3) is 0.400. The second-order valence-electron chi connectivity index (χ2n) is 4.04. The number of pyridine rings is 1. The van der Waals surface area contributed by atoms with Crippen molar-refractivity contribution in [3.8, 4) is 0 Å². The fourth-order valence-electron chi connectivity index (χ4n) is 1.14. The molecule has 1 amide bonds. The summed E-state index contributed by atoms with van der Waals surface area (Å²) in [5.74, 6) is -0.448. The maximum Gasteiger partial charge on any atom is 0.252 e. The van der Waals surface area contributed by atoms with Gasteiger partial charge in [0.05, 0.1) is 24.1 Å². The van der Waals surface area contributed by atoms with Crippen molar-refractivity contribution in [2.75, 3.05) is 24.2 Å². The first-order valence-corrected chi connectivity index (χ1v) is 4.98. The Morgan fingerprint density at radius 1 is 1.65 bits per heavy atom. The number of nitrogens with zero attached hydrogens (tertiary/aromatic N) is 1. The number of nitrogen functional groups attached to an aromatic ring is 1. The Morgan fingerprint density at radius 3 is 2.82 bits per heavy atom. The topological polar surface area (TPSA) is 134 Å². The summed E-state index contributed by atoms with van der Waals surface area (Å²) in [7, 11) is 0. The van der Waals surface area contributed by atoms with E-state index in [1.165, 1.54) is 19.2 Å². The number of primary amides is 1. The van der Waals surface area contributed by atoms with Gasteiger partial charge in [-0.25, -0.2) is 4.98 Å². The van der Waals surface area contributed by atoms with E-state index >= 15 is 0 Å². The smallest absolute Gasteiger partial charge is 0.252 e. The molecule has 0 fully saturated rings. The van der Waals surface area contributed by atoms with Gasteiger partial charge in [-0.3, -0.25) is 4.79 Å². The van der Waals surface area contributed by atoms with Crippen LogP contribution in [0.5, 0.6) is 0 Å². The van der Waals surface area contributed by atoms with Gasteiger partial charge in [0.2, 0.25) is 0 Å². The van der Waals surface area contributed by atoms with Crippen LogP contribution in [-0.2, 0) is 0 Å². The molecule has 0 saturated carbocycles. The van der Waals surface area contributed by atoms with Crippen LogP contribution in [0.4, 0.5) is 11.5 Å². The van der Waals surface area contributed by atoms with Crippen LogP contribution < -0.4 is 16.8 Å². The SMILES string of the molecule is CC(O)(CO)CNc1ncc(N)cc1C(N)=O. The van der Waals surface area contributed by atoms with Gasteiger partial charge in [-0.1, -0.05) is 0 Å². The number of rotatable bonds is 5. The standard InChI is InChI=1S/C10H16N4O3/c1-10(17,5-15)4-14-9-7(8(12)16)2-6(11)3-13-9/h2-3,15,17H,4-5,11H2,1H3,(H2,12,16)(H,13,14). The highest BCUT2D eigenvalue weighted by atomic mass is 16.3. The van der Waals surface area contributed by atoms with Gasteiger partial charge in [0, 0.05) is 6.54 Å². The normalized spacial score (nSPS) is 14.1. The van der Waals surface area contributed by atoms with Gasteiger partial charge in [0.1, 0.15) is 11.4 Å². The molecule has 0 spiro atoms. The second-order valence-corrected chi connectivity index (χ2v) is 4.04. The van der Waals surface area contributed by atoms with Crippen LogP contribution in [0.15, 0.2) is 12.3 Å². The van der Waals surface area contributed by atoms with Crippen LogP contribution in [0.1, 0.15) is 17.3 Å². The van der Waals surface area contributed by atoms with E-state index in [2.05, 4.69) is 10.3 Å². The van der Waals surface area contributed by atoms with Crippen LogP contribution >= 0.6 is 0 Å². The number of aliphatic hydroxyl groups excluding tert-OH is 1. The van der Waals surface area contributed by atoms with Crippen LogP contribution in [-0.4, -0.2) is 39.9 Å². The molecule has 94 valence electrons. The Kier molecular flexibility index (Phi) is 3.87. The van der Waals surface area contributed by atoms with E-state index in [1.807, 2.05) is 0 Å². The number of nitrogens with one attached hydrogen (secondary N) is 1. The van der Waals surface area contributed by atoms with Gasteiger partial charge in [0.25, 0.3) is 5.91 Å². The molecule has 17 heavy (non-hydrogen) atoms. The lowest BCUT2D eigenvalue weighted by Crippen LogP contribution is -2.37. The molecule has 1 rings (SSSR count). The Morgan fingerprint density at radius 2 is 2.29 bits per heavy atom. The average molecular weight is 240 g/mol. The van der Waals surface area contributed by atoms with Crippen molar-refractivity contribution in [2.24, 2.45) is 5.73 Å².